The third-order valence-electron chi connectivity index (χ3n) is 5.70. The zero-order valence-corrected chi connectivity index (χ0v) is 20.6. The first-order chi connectivity index (χ1) is 18.1. The van der Waals surface area contributed by atoms with Crippen LogP contribution in [0.2, 0.25) is 5.02 Å². The van der Waals surface area contributed by atoms with Gasteiger partial charge in [0.25, 0.3) is 0 Å². The molecule has 0 bridgehead atoms. The van der Waals surface area contributed by atoms with Crippen molar-refractivity contribution in [3.8, 4) is 0 Å². The van der Waals surface area contributed by atoms with Crippen molar-refractivity contribution in [1.29, 1.82) is 0 Å². The van der Waals surface area contributed by atoms with E-state index in [4.69, 9.17) is 16.4 Å². The minimum absolute atomic E-state index is 0.0149. The molecule has 2 amide bonds. The Morgan fingerprint density at radius 2 is 1.71 bits per heavy atom. The van der Waals surface area contributed by atoms with Gasteiger partial charge in [0, 0.05) is 61.4 Å². The van der Waals surface area contributed by atoms with Gasteiger partial charge < -0.3 is 25.3 Å². The molecular formula is C24H23ClF4N6O3. The van der Waals surface area contributed by atoms with Crippen LogP contribution in [0.15, 0.2) is 48.5 Å². The van der Waals surface area contributed by atoms with Gasteiger partial charge in [-0.3, -0.25) is 4.79 Å². The summed E-state index contributed by atoms with van der Waals surface area (Å²) >= 11 is 6.14. The Labute approximate surface area is 219 Å². The van der Waals surface area contributed by atoms with E-state index in [-0.39, 0.29) is 13.1 Å². The highest BCUT2D eigenvalue weighted by Gasteiger charge is 2.38. The van der Waals surface area contributed by atoms with Crippen LogP contribution in [0.4, 0.5) is 39.5 Å². The van der Waals surface area contributed by atoms with Crippen molar-refractivity contribution in [3.05, 3.63) is 59.4 Å². The van der Waals surface area contributed by atoms with E-state index in [0.29, 0.717) is 48.2 Å². The first-order valence-electron chi connectivity index (χ1n) is 11.5. The summed E-state index contributed by atoms with van der Waals surface area (Å²) in [6.45, 7) is 1.40. The van der Waals surface area contributed by atoms with E-state index in [2.05, 4.69) is 15.8 Å². The van der Waals surface area contributed by atoms with Crippen LogP contribution in [0.1, 0.15) is 0 Å². The summed E-state index contributed by atoms with van der Waals surface area (Å²) in [6, 6.07) is 12.3. The van der Waals surface area contributed by atoms with Crippen molar-refractivity contribution in [2.24, 2.45) is 0 Å². The van der Waals surface area contributed by atoms with E-state index in [1.165, 1.54) is 29.2 Å². The first kappa shape index (κ1) is 27.0. The van der Waals surface area contributed by atoms with Gasteiger partial charge in [-0.05, 0) is 42.5 Å². The van der Waals surface area contributed by atoms with Crippen LogP contribution in [0.5, 0.6) is 0 Å². The molecular weight excluding hydrogens is 532 g/mol. The van der Waals surface area contributed by atoms with Crippen molar-refractivity contribution in [2.45, 2.75) is 6.18 Å². The van der Waals surface area contributed by atoms with Crippen LogP contribution in [0, 0.1) is 5.82 Å². The number of nitrogens with zero attached hydrogens (tertiary/aromatic N) is 3. The number of alkyl halides is 3. The number of hydrogen-bond acceptors (Lipinski definition) is 7. The number of fused-ring (bicyclic) bond motifs is 1. The van der Waals surface area contributed by atoms with E-state index >= 15 is 0 Å². The molecule has 4 rings (SSSR count). The van der Waals surface area contributed by atoms with Gasteiger partial charge in [0.1, 0.15) is 11.6 Å². The molecule has 0 saturated carbocycles. The van der Waals surface area contributed by atoms with E-state index in [1.54, 1.807) is 23.5 Å². The topological polar surface area (TPSA) is 98.8 Å². The molecule has 3 aromatic rings. The van der Waals surface area contributed by atoms with Crippen molar-refractivity contribution in [3.63, 3.8) is 0 Å². The number of hydrogen-bond donors (Lipinski definition) is 3. The van der Waals surface area contributed by atoms with Crippen molar-refractivity contribution in [2.75, 3.05) is 55.0 Å². The van der Waals surface area contributed by atoms with E-state index in [1.807, 2.05) is 11.0 Å². The highest BCUT2D eigenvalue weighted by Crippen LogP contribution is 2.31. The molecule has 0 spiro atoms. The average molecular weight is 555 g/mol. The Hall–Kier alpha value is -4.00. The molecule has 9 nitrogen and oxygen atoms in total. The third kappa shape index (κ3) is 6.85. The van der Waals surface area contributed by atoms with Gasteiger partial charge in [0.05, 0.1) is 11.2 Å². The van der Waals surface area contributed by atoms with E-state index in [9.17, 15) is 27.2 Å². The largest absolute Gasteiger partial charge is 0.471 e. The fourth-order valence-corrected chi connectivity index (χ4v) is 3.98. The number of anilines is 3. The summed E-state index contributed by atoms with van der Waals surface area (Å²) in [4.78, 5) is 36.6. The fraction of sp³-hybridized carbons (Fsp3) is 0.292. The maximum atomic E-state index is 13.0. The SMILES string of the molecule is O=C(ONc1ccc(F)cc1)N1CCN(c2cc(NCCNC(=O)C(F)(F)F)nc3cc(Cl)ccc23)CC1. The fourth-order valence-electron chi connectivity index (χ4n) is 3.82. The van der Waals surface area contributed by atoms with Gasteiger partial charge in [0.15, 0.2) is 0 Å². The monoisotopic (exact) mass is 554 g/mol. The lowest BCUT2D eigenvalue weighted by Gasteiger charge is -2.36. The maximum Gasteiger partial charge on any atom is 0.471 e. The quantitative estimate of drug-likeness (QED) is 0.226. The molecule has 0 aliphatic carbocycles. The van der Waals surface area contributed by atoms with Crippen LogP contribution < -0.4 is 21.0 Å². The van der Waals surface area contributed by atoms with Crippen molar-refractivity contribution < 1.29 is 32.0 Å². The molecule has 14 heteroatoms. The van der Waals surface area contributed by atoms with E-state index in [0.717, 1.165) is 11.1 Å². The normalized spacial score (nSPS) is 13.8. The summed E-state index contributed by atoms with van der Waals surface area (Å²) in [5.74, 6) is -2.03. The maximum absolute atomic E-state index is 13.0. The third-order valence-corrected chi connectivity index (χ3v) is 5.94. The second-order valence-electron chi connectivity index (χ2n) is 8.32. The summed E-state index contributed by atoms with van der Waals surface area (Å²) in [6.07, 6.45) is -5.53. The van der Waals surface area contributed by atoms with Crippen LogP contribution in [-0.4, -0.2) is 67.3 Å². The van der Waals surface area contributed by atoms with E-state index < -0.39 is 24.0 Å². The Morgan fingerprint density at radius 3 is 2.39 bits per heavy atom. The zero-order chi connectivity index (χ0) is 27.3. The number of carbonyl (C=O) groups is 2. The van der Waals surface area contributed by atoms with Crippen molar-refractivity contribution >= 4 is 51.7 Å². The number of benzene rings is 2. The molecule has 1 aliphatic rings. The number of nitrogens with one attached hydrogen (secondary N) is 3. The van der Waals surface area contributed by atoms with Gasteiger partial charge in [-0.15, -0.1) is 0 Å². The molecule has 0 atom stereocenters. The number of pyridine rings is 1. The molecule has 38 heavy (non-hydrogen) atoms. The van der Waals surface area contributed by atoms with Gasteiger partial charge in [0.2, 0.25) is 0 Å². The average Bonchev–Trinajstić information content (AvgIpc) is 2.89. The van der Waals surface area contributed by atoms with Gasteiger partial charge >= 0.3 is 18.2 Å². The second-order valence-corrected chi connectivity index (χ2v) is 8.76. The number of piperazine rings is 1. The highest BCUT2D eigenvalue weighted by atomic mass is 35.5. The lowest BCUT2D eigenvalue weighted by Crippen LogP contribution is -2.49. The first-order valence-corrected chi connectivity index (χ1v) is 11.9. The number of carbonyl (C=O) groups excluding carboxylic acids is 2. The Bertz CT molecular complexity index is 1300. The molecule has 1 saturated heterocycles. The minimum Gasteiger partial charge on any atom is -0.368 e. The molecule has 3 N–H and O–H groups in total. The minimum atomic E-state index is -4.95. The molecule has 2 heterocycles. The van der Waals surface area contributed by atoms with Crippen LogP contribution in [0.25, 0.3) is 10.9 Å². The van der Waals surface area contributed by atoms with Crippen LogP contribution in [-0.2, 0) is 9.63 Å². The number of aromatic nitrogens is 1. The van der Waals surface area contributed by atoms with Crippen molar-refractivity contribution in [1.82, 2.24) is 15.2 Å². The number of halogens is 5. The number of amides is 2. The summed E-state index contributed by atoms with van der Waals surface area (Å²) in [7, 11) is 0. The molecule has 0 radical (unpaired) electrons. The van der Waals surface area contributed by atoms with Crippen LogP contribution in [0.3, 0.4) is 0 Å². The molecule has 1 aromatic heterocycles. The Morgan fingerprint density at radius 1 is 1.00 bits per heavy atom. The standard InChI is InChI=1S/C24H23ClF4N6O3/c25-15-1-6-18-19(13-15)32-21(30-7-8-31-22(36)24(27,28)29)14-20(18)34-9-11-35(12-10-34)23(37)38-33-17-4-2-16(26)3-5-17/h1-6,13-14,33H,7-12H2,(H,30,32)(H,31,36). The molecule has 1 aliphatic heterocycles. The molecule has 2 aromatic carbocycles. The molecule has 0 unspecified atom stereocenters. The van der Waals surface area contributed by atoms with Crippen LogP contribution >= 0.6 is 11.6 Å². The lowest BCUT2D eigenvalue weighted by atomic mass is 10.1. The highest BCUT2D eigenvalue weighted by molar-refractivity contribution is 6.31. The predicted molar refractivity (Wildman–Crippen MR) is 135 cm³/mol. The van der Waals surface area contributed by atoms with Gasteiger partial charge in [-0.1, -0.05) is 11.6 Å². The summed E-state index contributed by atoms with van der Waals surface area (Å²) in [5.41, 5.74) is 4.30. The Balaban J connectivity index is 1.39. The molecule has 1 fully saturated rings. The second kappa shape index (κ2) is 11.6. The number of rotatable bonds is 7. The summed E-state index contributed by atoms with van der Waals surface area (Å²) < 4.78 is 50.1. The van der Waals surface area contributed by atoms with Gasteiger partial charge in [-0.25, -0.2) is 19.6 Å². The molecule has 202 valence electrons. The Kier molecular flexibility index (Phi) is 8.25. The zero-order valence-electron chi connectivity index (χ0n) is 19.8. The lowest BCUT2D eigenvalue weighted by molar-refractivity contribution is -0.173. The predicted octanol–water partition coefficient (Wildman–Crippen LogP) is 4.40. The van der Waals surface area contributed by atoms with Gasteiger partial charge in [-0.2, -0.15) is 13.2 Å². The smallest absolute Gasteiger partial charge is 0.368 e. The summed E-state index contributed by atoms with van der Waals surface area (Å²) in [5, 5.41) is 5.99.